The van der Waals surface area contributed by atoms with E-state index in [4.69, 9.17) is 5.73 Å². The normalized spacial score (nSPS) is 26.9. The van der Waals surface area contributed by atoms with E-state index in [9.17, 15) is 8.42 Å². The highest BCUT2D eigenvalue weighted by Gasteiger charge is 2.28. The summed E-state index contributed by atoms with van der Waals surface area (Å²) in [6.45, 7) is 2.37. The van der Waals surface area contributed by atoms with Crippen molar-refractivity contribution in [3.63, 3.8) is 0 Å². The molecule has 0 aromatic carbocycles. The molecule has 112 valence electrons. The van der Waals surface area contributed by atoms with Crippen molar-refractivity contribution in [3.05, 3.63) is 0 Å². The van der Waals surface area contributed by atoms with Gasteiger partial charge in [0.15, 0.2) is 0 Å². The summed E-state index contributed by atoms with van der Waals surface area (Å²) in [4.78, 5) is 0. The summed E-state index contributed by atoms with van der Waals surface area (Å²) in [5, 5.41) is 0. The molecule has 5 nitrogen and oxygen atoms in total. The fraction of sp³-hybridized carbons (Fsp3) is 1.00. The number of hydrogen-bond donors (Lipinski definition) is 2. The van der Waals surface area contributed by atoms with Crippen molar-refractivity contribution < 1.29 is 8.42 Å². The molecule has 0 radical (unpaired) electrons. The number of nitrogens with two attached hydrogens (primary N) is 1. The first-order valence-electron chi connectivity index (χ1n) is 7.56. The van der Waals surface area contributed by atoms with Gasteiger partial charge in [-0.1, -0.05) is 25.7 Å². The molecule has 0 spiro atoms. The third-order valence-corrected chi connectivity index (χ3v) is 6.05. The fourth-order valence-electron chi connectivity index (χ4n) is 3.22. The molecule has 19 heavy (non-hydrogen) atoms. The molecule has 1 unspecified atom stereocenters. The standard InChI is InChI=1S/C13H27N3O2S/c14-10-13-6-3-9-16(11-13)19(17,18)15-8-7-12-4-1-2-5-12/h12-13,15H,1-11,14H2. The second kappa shape index (κ2) is 7.02. The van der Waals surface area contributed by atoms with Crippen LogP contribution in [0.5, 0.6) is 0 Å². The maximum absolute atomic E-state index is 12.2. The van der Waals surface area contributed by atoms with Gasteiger partial charge in [0.2, 0.25) is 0 Å². The fourth-order valence-corrected chi connectivity index (χ4v) is 4.55. The monoisotopic (exact) mass is 289 g/mol. The van der Waals surface area contributed by atoms with Crippen LogP contribution in [0.2, 0.25) is 0 Å². The number of hydrogen-bond acceptors (Lipinski definition) is 3. The first-order chi connectivity index (χ1) is 9.12. The lowest BCUT2D eigenvalue weighted by molar-refractivity contribution is 0.268. The van der Waals surface area contributed by atoms with Crippen molar-refractivity contribution in [3.8, 4) is 0 Å². The van der Waals surface area contributed by atoms with Crippen molar-refractivity contribution in [1.82, 2.24) is 9.03 Å². The molecular weight excluding hydrogens is 262 g/mol. The van der Waals surface area contributed by atoms with E-state index in [0.717, 1.165) is 25.2 Å². The van der Waals surface area contributed by atoms with Crippen LogP contribution in [0.4, 0.5) is 0 Å². The summed E-state index contributed by atoms with van der Waals surface area (Å²) in [6.07, 6.45) is 8.09. The second-order valence-electron chi connectivity index (χ2n) is 5.94. The Morgan fingerprint density at radius 2 is 1.79 bits per heavy atom. The summed E-state index contributed by atoms with van der Waals surface area (Å²) < 4.78 is 28.7. The topological polar surface area (TPSA) is 75.4 Å². The Labute approximate surface area is 117 Å². The van der Waals surface area contributed by atoms with Gasteiger partial charge in [0, 0.05) is 19.6 Å². The first-order valence-corrected chi connectivity index (χ1v) is 9.00. The van der Waals surface area contributed by atoms with Gasteiger partial charge in [-0.3, -0.25) is 0 Å². The van der Waals surface area contributed by atoms with Gasteiger partial charge < -0.3 is 5.73 Å². The van der Waals surface area contributed by atoms with Crippen LogP contribution in [0.3, 0.4) is 0 Å². The second-order valence-corrected chi connectivity index (χ2v) is 7.70. The van der Waals surface area contributed by atoms with Gasteiger partial charge >= 0.3 is 0 Å². The third-order valence-electron chi connectivity index (χ3n) is 4.47. The lowest BCUT2D eigenvalue weighted by Gasteiger charge is -2.31. The molecular formula is C13H27N3O2S. The van der Waals surface area contributed by atoms with Crippen LogP contribution < -0.4 is 10.5 Å². The molecule has 1 aliphatic heterocycles. The van der Waals surface area contributed by atoms with Gasteiger partial charge in [-0.2, -0.15) is 12.7 Å². The summed E-state index contributed by atoms with van der Waals surface area (Å²) in [5.41, 5.74) is 5.65. The average molecular weight is 289 g/mol. The van der Waals surface area contributed by atoms with Crippen LogP contribution in [0.1, 0.15) is 44.9 Å². The number of piperidine rings is 1. The zero-order valence-electron chi connectivity index (χ0n) is 11.7. The highest BCUT2D eigenvalue weighted by molar-refractivity contribution is 7.87. The van der Waals surface area contributed by atoms with E-state index in [1.165, 1.54) is 25.7 Å². The summed E-state index contributed by atoms with van der Waals surface area (Å²) in [6, 6.07) is 0. The van der Waals surface area contributed by atoms with Crippen molar-refractivity contribution in [1.29, 1.82) is 0 Å². The highest BCUT2D eigenvalue weighted by atomic mass is 32.2. The minimum absolute atomic E-state index is 0.320. The van der Waals surface area contributed by atoms with Crippen LogP contribution in [-0.2, 0) is 10.2 Å². The van der Waals surface area contributed by atoms with Crippen molar-refractivity contribution in [2.45, 2.75) is 44.9 Å². The van der Waals surface area contributed by atoms with Gasteiger partial charge in [0.25, 0.3) is 10.2 Å². The van der Waals surface area contributed by atoms with Gasteiger partial charge in [0.05, 0.1) is 0 Å². The average Bonchev–Trinajstić information content (AvgIpc) is 2.92. The van der Waals surface area contributed by atoms with E-state index >= 15 is 0 Å². The molecule has 1 heterocycles. The molecule has 6 heteroatoms. The van der Waals surface area contributed by atoms with Crippen LogP contribution in [0.25, 0.3) is 0 Å². The van der Waals surface area contributed by atoms with Crippen LogP contribution in [0.15, 0.2) is 0 Å². The van der Waals surface area contributed by atoms with Crippen LogP contribution in [0, 0.1) is 11.8 Å². The van der Waals surface area contributed by atoms with Crippen molar-refractivity contribution in [2.24, 2.45) is 17.6 Å². The smallest absolute Gasteiger partial charge is 0.279 e. The molecule has 0 aromatic rings. The van der Waals surface area contributed by atoms with Gasteiger partial charge in [-0.05, 0) is 37.6 Å². The molecule has 1 saturated heterocycles. The number of nitrogens with zero attached hydrogens (tertiary/aromatic N) is 1. The lowest BCUT2D eigenvalue weighted by Crippen LogP contribution is -2.47. The van der Waals surface area contributed by atoms with E-state index in [0.29, 0.717) is 32.1 Å². The van der Waals surface area contributed by atoms with Crippen LogP contribution >= 0.6 is 0 Å². The molecule has 1 aliphatic carbocycles. The van der Waals surface area contributed by atoms with Gasteiger partial charge in [0.1, 0.15) is 0 Å². The molecule has 3 N–H and O–H groups in total. The minimum Gasteiger partial charge on any atom is -0.330 e. The van der Waals surface area contributed by atoms with E-state index < -0.39 is 10.2 Å². The Balaban J connectivity index is 1.76. The van der Waals surface area contributed by atoms with Crippen LogP contribution in [-0.4, -0.2) is 38.9 Å². The largest absolute Gasteiger partial charge is 0.330 e. The quantitative estimate of drug-likeness (QED) is 0.768. The number of rotatable bonds is 6. The maximum Gasteiger partial charge on any atom is 0.279 e. The lowest BCUT2D eigenvalue weighted by atomic mass is 10.0. The van der Waals surface area contributed by atoms with Crippen molar-refractivity contribution >= 4 is 10.2 Å². The van der Waals surface area contributed by atoms with E-state index in [1.54, 1.807) is 4.31 Å². The molecule has 2 fully saturated rings. The Morgan fingerprint density at radius 3 is 2.47 bits per heavy atom. The zero-order valence-corrected chi connectivity index (χ0v) is 12.5. The van der Waals surface area contributed by atoms with Gasteiger partial charge in [-0.15, -0.1) is 0 Å². The Hall–Kier alpha value is -0.170. The molecule has 1 saturated carbocycles. The highest BCUT2D eigenvalue weighted by Crippen LogP contribution is 2.27. The minimum atomic E-state index is -3.29. The summed E-state index contributed by atoms with van der Waals surface area (Å²) in [7, 11) is -3.29. The number of nitrogens with one attached hydrogen (secondary N) is 1. The molecule has 2 aliphatic rings. The Kier molecular flexibility index (Phi) is 5.62. The first kappa shape index (κ1) is 15.2. The Morgan fingerprint density at radius 1 is 1.11 bits per heavy atom. The SMILES string of the molecule is NCC1CCCN(S(=O)(=O)NCCC2CCCC2)C1. The predicted molar refractivity (Wildman–Crippen MR) is 76.8 cm³/mol. The third kappa shape index (κ3) is 4.41. The predicted octanol–water partition coefficient (Wildman–Crippen LogP) is 1.07. The molecule has 0 bridgehead atoms. The zero-order chi connectivity index (χ0) is 13.7. The van der Waals surface area contributed by atoms with E-state index in [2.05, 4.69) is 4.72 Å². The Bertz CT molecular complexity index is 366. The van der Waals surface area contributed by atoms with E-state index in [1.807, 2.05) is 0 Å². The molecule has 0 amide bonds. The van der Waals surface area contributed by atoms with E-state index in [-0.39, 0.29) is 0 Å². The van der Waals surface area contributed by atoms with Gasteiger partial charge in [-0.25, -0.2) is 4.72 Å². The maximum atomic E-state index is 12.2. The molecule has 0 aromatic heterocycles. The summed E-state index contributed by atoms with van der Waals surface area (Å²) >= 11 is 0. The summed E-state index contributed by atoms with van der Waals surface area (Å²) in [5.74, 6) is 1.04. The van der Waals surface area contributed by atoms with Crippen molar-refractivity contribution in [2.75, 3.05) is 26.2 Å². The molecule has 1 atom stereocenters. The molecule has 2 rings (SSSR count).